The molecule has 1 aromatic heterocycles. The maximum atomic E-state index is 13.8. The summed E-state index contributed by atoms with van der Waals surface area (Å²) in [6.07, 6.45) is -4.15. The number of nitriles is 1. The first-order chi connectivity index (χ1) is 17.5. The summed E-state index contributed by atoms with van der Waals surface area (Å²) in [4.78, 5) is 29.0. The number of alkyl halides is 3. The Morgan fingerprint density at radius 3 is 2.70 bits per heavy atom. The van der Waals surface area contributed by atoms with Gasteiger partial charge in [-0.3, -0.25) is 19.6 Å². The Labute approximate surface area is 212 Å². The van der Waals surface area contributed by atoms with Crippen LogP contribution in [0.4, 0.5) is 17.6 Å². The lowest BCUT2D eigenvalue weighted by molar-refractivity contribution is -0.142. The van der Waals surface area contributed by atoms with Crippen LogP contribution < -0.4 is 21.1 Å². The molecule has 4 rings (SSSR count). The van der Waals surface area contributed by atoms with Crippen LogP contribution in [-0.2, 0) is 17.5 Å². The smallest absolute Gasteiger partial charge is 0.437 e. The number of carbonyl (C=O) groups excluding carboxylic acids is 1. The van der Waals surface area contributed by atoms with E-state index in [0.29, 0.717) is 11.1 Å². The number of aryl methyl sites for hydroxylation is 1. The minimum atomic E-state index is -5.01. The van der Waals surface area contributed by atoms with E-state index in [-0.39, 0.29) is 29.3 Å². The lowest BCUT2D eigenvalue weighted by Crippen LogP contribution is -2.54. The molecule has 0 saturated carbocycles. The number of hydrogen-bond donors (Lipinski definition) is 2. The standard InChI is InChI=1S/C24H18ClF4N5O3/c1-12-2-3-15(26)7-18(12)19-8-16(32-33-22(19)35)10-34-11-31-21(24(27,28)29)20(23(34)36)37-17-5-13(9-30)4-14(25)6-17/h2-7,11,16,19,32H,8,10H2,1H3,(H,33,35). The van der Waals surface area contributed by atoms with Crippen molar-refractivity contribution in [2.45, 2.75) is 38.0 Å². The first kappa shape index (κ1) is 26.1. The highest BCUT2D eigenvalue weighted by Crippen LogP contribution is 2.35. The maximum Gasteiger partial charge on any atom is 0.437 e. The maximum absolute atomic E-state index is 13.8. The molecule has 1 fully saturated rings. The molecule has 1 amide bonds. The SMILES string of the molecule is Cc1ccc(F)cc1C1CC(Cn2cnc(C(F)(F)F)c(Oc3cc(Cl)cc(C#N)c3)c2=O)NNC1=O. The second-order valence-electron chi connectivity index (χ2n) is 8.39. The zero-order valence-corrected chi connectivity index (χ0v) is 19.8. The summed E-state index contributed by atoms with van der Waals surface area (Å²) in [5, 5.41) is 9.11. The third kappa shape index (κ3) is 5.73. The van der Waals surface area contributed by atoms with E-state index in [1.165, 1.54) is 24.3 Å². The van der Waals surface area contributed by atoms with Gasteiger partial charge in [0.2, 0.25) is 11.7 Å². The highest BCUT2D eigenvalue weighted by molar-refractivity contribution is 6.30. The molecule has 0 spiro atoms. The Balaban J connectivity index is 1.66. The molecule has 13 heteroatoms. The Bertz CT molecular complexity index is 1470. The number of carbonyl (C=O) groups is 1. The average molecular weight is 536 g/mol. The van der Waals surface area contributed by atoms with Gasteiger partial charge in [-0.25, -0.2) is 14.8 Å². The average Bonchev–Trinajstić information content (AvgIpc) is 2.83. The number of nitrogens with zero attached hydrogens (tertiary/aromatic N) is 3. The third-order valence-corrected chi connectivity index (χ3v) is 5.97. The van der Waals surface area contributed by atoms with Crippen molar-refractivity contribution in [2.24, 2.45) is 0 Å². The minimum Gasteiger partial charge on any atom is -0.449 e. The summed E-state index contributed by atoms with van der Waals surface area (Å²) >= 11 is 5.90. The van der Waals surface area contributed by atoms with Crippen molar-refractivity contribution >= 4 is 17.5 Å². The summed E-state index contributed by atoms with van der Waals surface area (Å²) in [5.41, 5.74) is 3.66. The Hall–Kier alpha value is -3.95. The van der Waals surface area contributed by atoms with E-state index in [1.807, 2.05) is 0 Å². The molecule has 2 heterocycles. The van der Waals surface area contributed by atoms with Crippen LogP contribution in [0.5, 0.6) is 11.5 Å². The van der Waals surface area contributed by atoms with E-state index < -0.39 is 46.9 Å². The number of rotatable bonds is 5. The molecular formula is C24H18ClF4N5O3. The van der Waals surface area contributed by atoms with E-state index >= 15 is 0 Å². The number of ether oxygens (including phenoxy) is 1. The number of benzene rings is 2. The van der Waals surface area contributed by atoms with Gasteiger partial charge in [0.25, 0.3) is 5.56 Å². The van der Waals surface area contributed by atoms with Crippen molar-refractivity contribution in [3.63, 3.8) is 0 Å². The minimum absolute atomic E-state index is 0.0149. The monoisotopic (exact) mass is 535 g/mol. The number of halogens is 5. The molecule has 8 nitrogen and oxygen atoms in total. The van der Waals surface area contributed by atoms with E-state index in [0.717, 1.165) is 23.0 Å². The van der Waals surface area contributed by atoms with Crippen LogP contribution in [0.15, 0.2) is 47.5 Å². The molecule has 0 bridgehead atoms. The van der Waals surface area contributed by atoms with Crippen molar-refractivity contribution in [3.05, 3.63) is 86.3 Å². The molecule has 2 unspecified atom stereocenters. The third-order valence-electron chi connectivity index (χ3n) is 5.76. The largest absolute Gasteiger partial charge is 0.449 e. The van der Waals surface area contributed by atoms with Crippen molar-refractivity contribution < 1.29 is 27.1 Å². The van der Waals surface area contributed by atoms with E-state index in [1.54, 1.807) is 13.0 Å². The molecule has 1 saturated heterocycles. The van der Waals surface area contributed by atoms with Crippen LogP contribution in [0, 0.1) is 24.1 Å². The van der Waals surface area contributed by atoms with Crippen molar-refractivity contribution in [1.82, 2.24) is 20.4 Å². The topological polar surface area (TPSA) is 109 Å². The number of hydrogen-bond acceptors (Lipinski definition) is 6. The fourth-order valence-corrected chi connectivity index (χ4v) is 4.25. The van der Waals surface area contributed by atoms with Crippen molar-refractivity contribution in [1.29, 1.82) is 5.26 Å². The van der Waals surface area contributed by atoms with Gasteiger partial charge >= 0.3 is 6.18 Å². The highest BCUT2D eigenvalue weighted by Gasteiger charge is 2.39. The molecule has 37 heavy (non-hydrogen) atoms. The highest BCUT2D eigenvalue weighted by atomic mass is 35.5. The van der Waals surface area contributed by atoms with Gasteiger partial charge in [-0.1, -0.05) is 17.7 Å². The van der Waals surface area contributed by atoms with Gasteiger partial charge in [-0.2, -0.15) is 18.4 Å². The molecule has 0 radical (unpaired) electrons. The molecule has 2 atom stereocenters. The molecular weight excluding hydrogens is 518 g/mol. The number of nitrogens with one attached hydrogen (secondary N) is 2. The van der Waals surface area contributed by atoms with Gasteiger partial charge in [0.05, 0.1) is 23.9 Å². The fraction of sp³-hybridized carbons (Fsp3) is 0.250. The number of amides is 1. The predicted octanol–water partition coefficient (Wildman–Crippen LogP) is 4.20. The van der Waals surface area contributed by atoms with Crippen LogP contribution in [0.1, 0.15) is 34.7 Å². The summed E-state index contributed by atoms with van der Waals surface area (Å²) in [6.45, 7) is 1.53. The van der Waals surface area contributed by atoms with E-state index in [4.69, 9.17) is 21.6 Å². The molecule has 3 aromatic rings. The second-order valence-corrected chi connectivity index (χ2v) is 8.82. The van der Waals surface area contributed by atoms with Gasteiger partial charge in [0, 0.05) is 17.6 Å². The molecule has 1 aliphatic heterocycles. The van der Waals surface area contributed by atoms with Crippen LogP contribution in [0.25, 0.3) is 0 Å². The van der Waals surface area contributed by atoms with Gasteiger partial charge in [0.15, 0.2) is 5.69 Å². The molecule has 0 aliphatic carbocycles. The number of hydrazine groups is 1. The van der Waals surface area contributed by atoms with Gasteiger partial charge in [-0.15, -0.1) is 0 Å². The normalized spacial score (nSPS) is 17.7. The fourth-order valence-electron chi connectivity index (χ4n) is 4.02. The quantitative estimate of drug-likeness (QED) is 0.474. The molecule has 1 aliphatic rings. The Kier molecular flexibility index (Phi) is 7.20. The molecule has 192 valence electrons. The second kappa shape index (κ2) is 10.2. The number of aromatic nitrogens is 2. The zero-order valence-electron chi connectivity index (χ0n) is 19.1. The Morgan fingerprint density at radius 1 is 1.24 bits per heavy atom. The summed E-state index contributed by atoms with van der Waals surface area (Å²) in [5.74, 6) is -3.05. The van der Waals surface area contributed by atoms with Crippen molar-refractivity contribution in [2.75, 3.05) is 0 Å². The lowest BCUT2D eigenvalue weighted by Gasteiger charge is -2.31. The predicted molar refractivity (Wildman–Crippen MR) is 123 cm³/mol. The van der Waals surface area contributed by atoms with Crippen LogP contribution in [0.3, 0.4) is 0 Å². The van der Waals surface area contributed by atoms with E-state index in [2.05, 4.69) is 15.8 Å². The van der Waals surface area contributed by atoms with Gasteiger partial charge in [0.1, 0.15) is 11.6 Å². The van der Waals surface area contributed by atoms with Crippen LogP contribution in [-0.4, -0.2) is 21.5 Å². The van der Waals surface area contributed by atoms with Crippen LogP contribution in [0.2, 0.25) is 5.02 Å². The molecule has 2 aromatic carbocycles. The molecule has 2 N–H and O–H groups in total. The van der Waals surface area contributed by atoms with Crippen molar-refractivity contribution in [3.8, 4) is 17.6 Å². The summed E-state index contributed by atoms with van der Waals surface area (Å²) in [7, 11) is 0. The van der Waals surface area contributed by atoms with Gasteiger partial charge < -0.3 is 4.74 Å². The van der Waals surface area contributed by atoms with E-state index in [9.17, 15) is 27.2 Å². The lowest BCUT2D eigenvalue weighted by atomic mass is 9.87. The Morgan fingerprint density at radius 2 is 2.00 bits per heavy atom. The summed E-state index contributed by atoms with van der Waals surface area (Å²) < 4.78 is 60.9. The van der Waals surface area contributed by atoms with Gasteiger partial charge in [-0.05, 0) is 54.8 Å². The first-order valence-electron chi connectivity index (χ1n) is 10.8. The zero-order chi connectivity index (χ0) is 26.9. The van der Waals surface area contributed by atoms with Crippen LogP contribution >= 0.6 is 11.6 Å². The summed E-state index contributed by atoms with van der Waals surface area (Å²) in [6, 6.07) is 8.80. The first-order valence-corrected chi connectivity index (χ1v) is 11.2.